The fraction of sp³-hybridized carbons (Fsp3) is 0.125. The third-order valence-electron chi connectivity index (χ3n) is 4.41. The third-order valence-corrected chi connectivity index (χ3v) is 4.41. The zero-order valence-corrected chi connectivity index (χ0v) is 16.7. The van der Waals surface area contributed by atoms with Crippen molar-refractivity contribution in [2.45, 2.75) is 6.92 Å². The fourth-order valence-corrected chi connectivity index (χ4v) is 2.81. The molecule has 6 heteroatoms. The average Bonchev–Trinajstić information content (AvgIpc) is 2.78. The maximum absolute atomic E-state index is 12.4. The Hall–Kier alpha value is -3.93. The maximum atomic E-state index is 12.4. The number of Topliss-reactive ketones (excluding diaryl/α,β-unsaturated/α-hetero) is 1. The molecule has 0 fully saturated rings. The second-order valence-corrected chi connectivity index (χ2v) is 6.60. The zero-order valence-electron chi connectivity index (χ0n) is 16.7. The first-order chi connectivity index (χ1) is 14.5. The quantitative estimate of drug-likeness (QED) is 0.470. The van der Waals surface area contributed by atoms with E-state index in [2.05, 4.69) is 5.32 Å². The molecule has 0 atom stereocenters. The molecular weight excluding hydrogens is 382 g/mol. The van der Waals surface area contributed by atoms with Gasteiger partial charge >= 0.3 is 5.97 Å². The van der Waals surface area contributed by atoms with E-state index in [4.69, 9.17) is 9.47 Å². The molecule has 0 saturated carbocycles. The van der Waals surface area contributed by atoms with E-state index in [9.17, 15) is 14.4 Å². The highest BCUT2D eigenvalue weighted by atomic mass is 16.5. The van der Waals surface area contributed by atoms with Crippen LogP contribution in [0.25, 0.3) is 0 Å². The Kier molecular flexibility index (Phi) is 6.60. The number of amides is 1. The van der Waals surface area contributed by atoms with Gasteiger partial charge in [0.15, 0.2) is 12.4 Å². The van der Waals surface area contributed by atoms with E-state index < -0.39 is 12.6 Å². The number of carbonyl (C=O) groups excluding carboxylic acids is 3. The van der Waals surface area contributed by atoms with Gasteiger partial charge < -0.3 is 14.8 Å². The first kappa shape index (κ1) is 20.8. The van der Waals surface area contributed by atoms with E-state index in [-0.39, 0.29) is 17.3 Å². The average molecular weight is 403 g/mol. The molecule has 0 bridgehead atoms. The highest BCUT2D eigenvalue weighted by molar-refractivity contribution is 6.05. The van der Waals surface area contributed by atoms with Gasteiger partial charge in [0.1, 0.15) is 11.3 Å². The summed E-state index contributed by atoms with van der Waals surface area (Å²) < 4.78 is 10.3. The van der Waals surface area contributed by atoms with Gasteiger partial charge in [0.2, 0.25) is 0 Å². The Morgan fingerprint density at radius 3 is 2.23 bits per heavy atom. The van der Waals surface area contributed by atoms with Gasteiger partial charge in [-0.25, -0.2) is 4.79 Å². The van der Waals surface area contributed by atoms with Gasteiger partial charge in [-0.3, -0.25) is 9.59 Å². The van der Waals surface area contributed by atoms with E-state index in [1.165, 1.54) is 7.11 Å². The molecule has 30 heavy (non-hydrogen) atoms. The number of aryl methyl sites for hydroxylation is 1. The minimum atomic E-state index is -0.629. The van der Waals surface area contributed by atoms with Gasteiger partial charge in [-0.05, 0) is 55.5 Å². The first-order valence-corrected chi connectivity index (χ1v) is 9.29. The largest absolute Gasteiger partial charge is 0.496 e. The van der Waals surface area contributed by atoms with E-state index in [1.54, 1.807) is 60.7 Å². The standard InChI is InChI=1S/C24H21NO5/c1-16-8-13-22(29-2)20(14-16)24(28)30-15-21(26)17-9-11-19(12-10-17)25-23(27)18-6-4-3-5-7-18/h3-14H,15H2,1-2H3,(H,25,27). The number of esters is 1. The van der Waals surface area contributed by atoms with Crippen molar-refractivity contribution in [2.24, 2.45) is 0 Å². The summed E-state index contributed by atoms with van der Waals surface area (Å²) in [5.74, 6) is -0.834. The van der Waals surface area contributed by atoms with Gasteiger partial charge in [0.25, 0.3) is 5.91 Å². The number of hydrogen-bond acceptors (Lipinski definition) is 5. The molecule has 3 aromatic rings. The monoisotopic (exact) mass is 403 g/mol. The number of benzene rings is 3. The predicted molar refractivity (Wildman–Crippen MR) is 113 cm³/mol. The van der Waals surface area contributed by atoms with E-state index in [0.29, 0.717) is 22.6 Å². The molecule has 1 amide bonds. The Bertz CT molecular complexity index is 1060. The van der Waals surface area contributed by atoms with Crippen molar-refractivity contribution in [3.05, 3.63) is 95.1 Å². The summed E-state index contributed by atoms with van der Waals surface area (Å²) in [5.41, 5.74) is 2.61. The molecule has 0 spiro atoms. The second-order valence-electron chi connectivity index (χ2n) is 6.60. The van der Waals surface area contributed by atoms with Gasteiger partial charge in [-0.1, -0.05) is 29.8 Å². The van der Waals surface area contributed by atoms with Gasteiger partial charge in [-0.2, -0.15) is 0 Å². The second kappa shape index (κ2) is 9.52. The molecule has 0 aromatic heterocycles. The van der Waals surface area contributed by atoms with Gasteiger partial charge in [-0.15, -0.1) is 0 Å². The summed E-state index contributed by atoms with van der Waals surface area (Å²) in [6, 6.07) is 20.4. The number of carbonyl (C=O) groups is 3. The molecule has 0 radical (unpaired) electrons. The molecule has 0 aliphatic heterocycles. The molecule has 3 rings (SSSR count). The van der Waals surface area contributed by atoms with Crippen molar-refractivity contribution in [1.82, 2.24) is 0 Å². The van der Waals surface area contributed by atoms with Crippen LogP contribution in [-0.2, 0) is 4.74 Å². The van der Waals surface area contributed by atoms with Gasteiger partial charge in [0.05, 0.1) is 7.11 Å². The van der Waals surface area contributed by atoms with E-state index in [1.807, 2.05) is 19.1 Å². The lowest BCUT2D eigenvalue weighted by Crippen LogP contribution is -2.15. The minimum absolute atomic E-state index is 0.240. The Morgan fingerprint density at radius 1 is 0.867 bits per heavy atom. The SMILES string of the molecule is COc1ccc(C)cc1C(=O)OCC(=O)c1ccc(NC(=O)c2ccccc2)cc1. The first-order valence-electron chi connectivity index (χ1n) is 9.29. The molecule has 1 N–H and O–H groups in total. The molecule has 0 unspecified atom stereocenters. The van der Waals surface area contributed by atoms with Crippen molar-refractivity contribution in [2.75, 3.05) is 19.0 Å². The number of rotatable bonds is 7. The normalized spacial score (nSPS) is 10.2. The Labute approximate surface area is 174 Å². The lowest BCUT2D eigenvalue weighted by molar-refractivity contribution is 0.0471. The van der Waals surface area contributed by atoms with Crippen molar-refractivity contribution >= 4 is 23.3 Å². The van der Waals surface area contributed by atoms with E-state index >= 15 is 0 Å². The van der Waals surface area contributed by atoms with Crippen molar-refractivity contribution in [3.8, 4) is 5.75 Å². The molecule has 0 saturated heterocycles. The van der Waals surface area contributed by atoms with Crippen LogP contribution >= 0.6 is 0 Å². The minimum Gasteiger partial charge on any atom is -0.496 e. The van der Waals surface area contributed by atoms with Crippen molar-refractivity contribution in [1.29, 1.82) is 0 Å². The number of anilines is 1. The maximum Gasteiger partial charge on any atom is 0.342 e. The molecular formula is C24H21NO5. The summed E-state index contributed by atoms with van der Waals surface area (Å²) in [6.07, 6.45) is 0. The third kappa shape index (κ3) is 5.11. The summed E-state index contributed by atoms with van der Waals surface area (Å²) in [4.78, 5) is 36.9. The number of nitrogens with one attached hydrogen (secondary N) is 1. The van der Waals surface area contributed by atoms with Crippen LogP contribution in [0, 0.1) is 6.92 Å². The number of methoxy groups -OCH3 is 1. The summed E-state index contributed by atoms with van der Waals surface area (Å²) in [7, 11) is 1.46. The number of ether oxygens (including phenoxy) is 2. The van der Waals surface area contributed by atoms with E-state index in [0.717, 1.165) is 5.56 Å². The molecule has 152 valence electrons. The summed E-state index contributed by atoms with van der Waals surface area (Å²) >= 11 is 0. The number of hydrogen-bond donors (Lipinski definition) is 1. The molecule has 0 aliphatic carbocycles. The topological polar surface area (TPSA) is 81.7 Å². The highest BCUT2D eigenvalue weighted by Gasteiger charge is 2.16. The van der Waals surface area contributed by atoms with Crippen LogP contribution in [-0.4, -0.2) is 31.4 Å². The lowest BCUT2D eigenvalue weighted by Gasteiger charge is -2.10. The van der Waals surface area contributed by atoms with Crippen LogP contribution in [0.5, 0.6) is 5.75 Å². The molecule has 3 aromatic carbocycles. The van der Waals surface area contributed by atoms with Crippen molar-refractivity contribution < 1.29 is 23.9 Å². The van der Waals surface area contributed by atoms with Crippen LogP contribution in [0.1, 0.15) is 36.6 Å². The fourth-order valence-electron chi connectivity index (χ4n) is 2.81. The predicted octanol–water partition coefficient (Wildman–Crippen LogP) is 4.30. The van der Waals surface area contributed by atoms with Crippen LogP contribution < -0.4 is 10.1 Å². The van der Waals surface area contributed by atoms with Crippen LogP contribution in [0.3, 0.4) is 0 Å². The zero-order chi connectivity index (χ0) is 21.5. The Balaban J connectivity index is 1.59. The lowest BCUT2D eigenvalue weighted by atomic mass is 10.1. The van der Waals surface area contributed by atoms with Crippen LogP contribution in [0.4, 0.5) is 5.69 Å². The van der Waals surface area contributed by atoms with Crippen LogP contribution in [0.15, 0.2) is 72.8 Å². The Morgan fingerprint density at radius 2 is 1.57 bits per heavy atom. The number of ketones is 1. The smallest absolute Gasteiger partial charge is 0.342 e. The van der Waals surface area contributed by atoms with Crippen LogP contribution in [0.2, 0.25) is 0 Å². The van der Waals surface area contributed by atoms with Gasteiger partial charge in [0, 0.05) is 16.8 Å². The highest BCUT2D eigenvalue weighted by Crippen LogP contribution is 2.21. The van der Waals surface area contributed by atoms with Crippen molar-refractivity contribution in [3.63, 3.8) is 0 Å². The molecule has 0 aliphatic rings. The summed E-state index contributed by atoms with van der Waals surface area (Å²) in [6.45, 7) is 1.45. The summed E-state index contributed by atoms with van der Waals surface area (Å²) in [5, 5.41) is 2.76. The molecule has 6 nitrogen and oxygen atoms in total. The molecule has 0 heterocycles.